The summed E-state index contributed by atoms with van der Waals surface area (Å²) in [4.78, 5) is 0. The Hall–Kier alpha value is -1.16. The average Bonchev–Trinajstić information content (AvgIpc) is 2.37. The van der Waals surface area contributed by atoms with Gasteiger partial charge in [0.25, 0.3) is 0 Å². The molecule has 0 aliphatic carbocycles. The quantitative estimate of drug-likeness (QED) is 0.777. The number of nitrogens with zero attached hydrogens (tertiary/aromatic N) is 1. The SMILES string of the molecule is NCc1ccccc1CS(=O)(=O)N(CCO)CC(F)(F)F. The molecule has 0 fully saturated rings. The third-order valence-electron chi connectivity index (χ3n) is 2.77. The van der Waals surface area contributed by atoms with Gasteiger partial charge in [0.2, 0.25) is 10.0 Å². The second-order valence-electron chi connectivity index (χ2n) is 4.40. The van der Waals surface area contributed by atoms with Crippen LogP contribution in [0.2, 0.25) is 0 Å². The first-order chi connectivity index (χ1) is 9.69. The van der Waals surface area contributed by atoms with E-state index in [1.807, 2.05) is 0 Å². The van der Waals surface area contributed by atoms with Gasteiger partial charge in [-0.25, -0.2) is 8.42 Å². The van der Waals surface area contributed by atoms with Crippen molar-refractivity contribution in [3.05, 3.63) is 35.4 Å². The Labute approximate surface area is 121 Å². The van der Waals surface area contributed by atoms with Crippen LogP contribution in [-0.4, -0.2) is 43.7 Å². The van der Waals surface area contributed by atoms with Gasteiger partial charge >= 0.3 is 6.18 Å². The van der Waals surface area contributed by atoms with Gasteiger partial charge in [-0.3, -0.25) is 0 Å². The van der Waals surface area contributed by atoms with Crippen LogP contribution >= 0.6 is 0 Å². The van der Waals surface area contributed by atoms with E-state index in [0.717, 1.165) is 0 Å². The topological polar surface area (TPSA) is 83.6 Å². The molecule has 0 spiro atoms. The highest BCUT2D eigenvalue weighted by atomic mass is 32.2. The molecule has 5 nitrogen and oxygen atoms in total. The molecule has 0 atom stereocenters. The smallest absolute Gasteiger partial charge is 0.395 e. The number of hydrogen-bond acceptors (Lipinski definition) is 4. The van der Waals surface area contributed by atoms with Crippen molar-refractivity contribution in [1.82, 2.24) is 4.31 Å². The normalized spacial score (nSPS) is 12.9. The van der Waals surface area contributed by atoms with Crippen LogP contribution in [0.4, 0.5) is 13.2 Å². The Balaban J connectivity index is 3.01. The van der Waals surface area contributed by atoms with E-state index in [-0.39, 0.29) is 10.8 Å². The number of rotatable bonds is 7. The third kappa shape index (κ3) is 5.62. The number of sulfonamides is 1. The Morgan fingerprint density at radius 3 is 2.24 bits per heavy atom. The van der Waals surface area contributed by atoms with Crippen LogP contribution < -0.4 is 5.73 Å². The maximum absolute atomic E-state index is 12.4. The summed E-state index contributed by atoms with van der Waals surface area (Å²) < 4.78 is 61.8. The van der Waals surface area contributed by atoms with Crippen LogP contribution in [0.15, 0.2) is 24.3 Å². The lowest BCUT2D eigenvalue weighted by atomic mass is 10.1. The Morgan fingerprint density at radius 2 is 1.76 bits per heavy atom. The lowest BCUT2D eigenvalue weighted by molar-refractivity contribution is -0.136. The van der Waals surface area contributed by atoms with Crippen LogP contribution in [0.1, 0.15) is 11.1 Å². The fourth-order valence-corrected chi connectivity index (χ4v) is 3.37. The molecule has 0 radical (unpaired) electrons. The summed E-state index contributed by atoms with van der Waals surface area (Å²) >= 11 is 0. The summed E-state index contributed by atoms with van der Waals surface area (Å²) in [5.41, 5.74) is 6.38. The minimum atomic E-state index is -4.67. The molecule has 0 unspecified atom stereocenters. The Bertz CT molecular complexity index is 561. The van der Waals surface area contributed by atoms with Crippen molar-refractivity contribution in [2.24, 2.45) is 5.73 Å². The van der Waals surface area contributed by atoms with E-state index in [1.165, 1.54) is 6.07 Å². The van der Waals surface area contributed by atoms with Gasteiger partial charge in [0, 0.05) is 13.1 Å². The van der Waals surface area contributed by atoms with Crippen molar-refractivity contribution >= 4 is 10.0 Å². The highest BCUT2D eigenvalue weighted by Crippen LogP contribution is 2.21. The molecule has 1 aromatic rings. The molecule has 0 aliphatic heterocycles. The monoisotopic (exact) mass is 326 g/mol. The van der Waals surface area contributed by atoms with Gasteiger partial charge < -0.3 is 10.8 Å². The molecule has 0 heterocycles. The van der Waals surface area contributed by atoms with Gasteiger partial charge in [-0.1, -0.05) is 24.3 Å². The van der Waals surface area contributed by atoms with Crippen molar-refractivity contribution in [2.45, 2.75) is 18.5 Å². The van der Waals surface area contributed by atoms with E-state index < -0.39 is 41.6 Å². The third-order valence-corrected chi connectivity index (χ3v) is 4.55. The Morgan fingerprint density at radius 1 is 1.19 bits per heavy atom. The van der Waals surface area contributed by atoms with Crippen LogP contribution in [0.25, 0.3) is 0 Å². The molecule has 9 heteroatoms. The number of aliphatic hydroxyl groups excluding tert-OH is 1. The molecule has 120 valence electrons. The molecule has 0 aliphatic rings. The zero-order valence-corrected chi connectivity index (χ0v) is 12.0. The minimum Gasteiger partial charge on any atom is -0.395 e. The van der Waals surface area contributed by atoms with Crippen molar-refractivity contribution in [2.75, 3.05) is 19.7 Å². The molecule has 0 amide bonds. The molecule has 0 bridgehead atoms. The molecular weight excluding hydrogens is 309 g/mol. The number of hydrogen-bond donors (Lipinski definition) is 2. The number of halogens is 3. The van der Waals surface area contributed by atoms with Crippen LogP contribution in [0, 0.1) is 0 Å². The van der Waals surface area contributed by atoms with E-state index in [9.17, 15) is 21.6 Å². The fourth-order valence-electron chi connectivity index (χ4n) is 1.81. The first kappa shape index (κ1) is 17.9. The first-order valence-electron chi connectivity index (χ1n) is 6.12. The van der Waals surface area contributed by atoms with Gasteiger partial charge in [-0.2, -0.15) is 17.5 Å². The highest BCUT2D eigenvalue weighted by Gasteiger charge is 2.36. The molecule has 0 saturated carbocycles. The molecular formula is C12H17F3N2O3S. The van der Waals surface area contributed by atoms with Gasteiger partial charge in [0.1, 0.15) is 6.54 Å². The summed E-state index contributed by atoms with van der Waals surface area (Å²) in [5.74, 6) is -0.587. The summed E-state index contributed by atoms with van der Waals surface area (Å²) in [6.45, 7) is -2.83. The van der Waals surface area contributed by atoms with E-state index in [0.29, 0.717) is 11.1 Å². The highest BCUT2D eigenvalue weighted by molar-refractivity contribution is 7.88. The largest absolute Gasteiger partial charge is 0.402 e. The molecule has 21 heavy (non-hydrogen) atoms. The number of nitrogens with two attached hydrogens (primary N) is 1. The summed E-state index contributed by atoms with van der Waals surface area (Å²) in [5, 5.41) is 8.77. The van der Waals surface area contributed by atoms with E-state index in [1.54, 1.807) is 18.2 Å². The van der Waals surface area contributed by atoms with Crippen LogP contribution in [0.3, 0.4) is 0 Å². The van der Waals surface area contributed by atoms with E-state index in [4.69, 9.17) is 10.8 Å². The van der Waals surface area contributed by atoms with Gasteiger partial charge in [0.15, 0.2) is 0 Å². The maximum atomic E-state index is 12.4. The first-order valence-corrected chi connectivity index (χ1v) is 7.73. The van der Waals surface area contributed by atoms with Crippen molar-refractivity contribution in [3.8, 4) is 0 Å². The Kier molecular flexibility index (Phi) is 6.14. The zero-order valence-electron chi connectivity index (χ0n) is 11.2. The second kappa shape index (κ2) is 7.21. The lowest BCUT2D eigenvalue weighted by Crippen LogP contribution is -2.41. The van der Waals surface area contributed by atoms with Crippen molar-refractivity contribution in [3.63, 3.8) is 0 Å². The summed E-state index contributed by atoms with van der Waals surface area (Å²) in [7, 11) is -4.21. The standard InChI is InChI=1S/C12H17F3N2O3S/c13-12(14,15)9-17(5-6-18)21(19,20)8-11-4-2-1-3-10(11)7-16/h1-4,18H,5-9,16H2. The fraction of sp³-hybridized carbons (Fsp3) is 0.500. The maximum Gasteiger partial charge on any atom is 0.402 e. The van der Waals surface area contributed by atoms with Crippen molar-refractivity contribution in [1.29, 1.82) is 0 Å². The predicted octanol–water partition coefficient (Wildman–Crippen LogP) is 0.832. The van der Waals surface area contributed by atoms with E-state index in [2.05, 4.69) is 0 Å². The molecule has 0 aromatic heterocycles. The second-order valence-corrected chi connectivity index (χ2v) is 6.37. The van der Waals surface area contributed by atoms with Crippen LogP contribution in [-0.2, 0) is 22.3 Å². The zero-order chi connectivity index (χ0) is 16.1. The molecule has 0 saturated heterocycles. The average molecular weight is 326 g/mol. The minimum absolute atomic E-state index is 0.0883. The van der Waals surface area contributed by atoms with Crippen LogP contribution in [0.5, 0.6) is 0 Å². The lowest BCUT2D eigenvalue weighted by Gasteiger charge is -2.23. The summed E-state index contributed by atoms with van der Waals surface area (Å²) in [6.07, 6.45) is -4.67. The molecule has 1 rings (SSSR count). The number of alkyl halides is 3. The number of benzene rings is 1. The summed E-state index contributed by atoms with van der Waals surface area (Å²) in [6, 6.07) is 6.37. The molecule has 3 N–H and O–H groups in total. The van der Waals surface area contributed by atoms with Gasteiger partial charge in [0.05, 0.1) is 12.4 Å². The predicted molar refractivity (Wildman–Crippen MR) is 71.7 cm³/mol. The van der Waals surface area contributed by atoms with Crippen molar-refractivity contribution < 1.29 is 26.7 Å². The van der Waals surface area contributed by atoms with Gasteiger partial charge in [-0.05, 0) is 11.1 Å². The van der Waals surface area contributed by atoms with E-state index >= 15 is 0 Å². The number of aliphatic hydroxyl groups is 1. The molecule has 1 aromatic carbocycles. The van der Waals surface area contributed by atoms with Gasteiger partial charge in [-0.15, -0.1) is 0 Å².